The predicted molar refractivity (Wildman–Crippen MR) is 110 cm³/mol. The number of hydrogen-bond acceptors (Lipinski definition) is 6. The molecule has 2 aromatic heterocycles. The van der Waals surface area contributed by atoms with E-state index < -0.39 is 0 Å². The molecule has 0 N–H and O–H groups in total. The van der Waals surface area contributed by atoms with E-state index in [4.69, 9.17) is 9.84 Å². The minimum Gasteiger partial charge on any atom is -0.497 e. The average molecular weight is 394 g/mol. The molecule has 29 heavy (non-hydrogen) atoms. The lowest BCUT2D eigenvalue weighted by Crippen LogP contribution is -2.47. The van der Waals surface area contributed by atoms with Crippen LogP contribution >= 0.6 is 0 Å². The van der Waals surface area contributed by atoms with Crippen molar-refractivity contribution >= 4 is 11.6 Å². The fraction of sp³-hybridized carbons (Fsp3) is 0.429. The summed E-state index contributed by atoms with van der Waals surface area (Å²) in [5.74, 6) is 0.718. The number of ether oxygens (including phenoxy) is 1. The lowest BCUT2D eigenvalue weighted by molar-refractivity contribution is 0.0655. The van der Waals surface area contributed by atoms with Gasteiger partial charge < -0.3 is 14.5 Å². The molecule has 152 valence electrons. The van der Waals surface area contributed by atoms with E-state index in [9.17, 15) is 4.79 Å². The number of fused-ring (bicyclic) bond motifs is 1. The Hall–Kier alpha value is -3.00. The Balaban J connectivity index is 1.76. The molecule has 1 amide bonds. The number of likely N-dealkylation sites (N-methyl/N-ethyl adjacent to an activating group) is 1. The number of hydrogen-bond donors (Lipinski definition) is 0. The van der Waals surface area contributed by atoms with Crippen LogP contribution in [0, 0.1) is 6.92 Å². The van der Waals surface area contributed by atoms with E-state index in [0.29, 0.717) is 30.1 Å². The van der Waals surface area contributed by atoms with Crippen molar-refractivity contribution in [3.05, 3.63) is 41.3 Å². The first-order chi connectivity index (χ1) is 14.0. The molecule has 1 aliphatic heterocycles. The van der Waals surface area contributed by atoms with Gasteiger partial charge >= 0.3 is 0 Å². The molecular formula is C21H26N6O2. The van der Waals surface area contributed by atoms with Gasteiger partial charge in [-0.15, -0.1) is 10.2 Å². The van der Waals surface area contributed by atoms with Gasteiger partial charge in [0.15, 0.2) is 11.3 Å². The zero-order valence-electron chi connectivity index (χ0n) is 17.3. The number of carbonyl (C=O) groups excluding carboxylic acids is 1. The fourth-order valence-corrected chi connectivity index (χ4v) is 3.71. The standard InChI is InChI=1S/C21H26N6O2/c1-5-17-18(15-6-8-16(29-4)9-7-15)20-23-22-19(14(2)27(20)24-17)21(28)26-12-10-25(3)11-13-26/h6-9H,5,10-13H2,1-4H3. The van der Waals surface area contributed by atoms with Crippen LogP contribution in [-0.2, 0) is 6.42 Å². The molecule has 0 spiro atoms. The summed E-state index contributed by atoms with van der Waals surface area (Å²) in [6.45, 7) is 7.08. The molecule has 4 rings (SSSR count). The molecule has 0 radical (unpaired) electrons. The minimum atomic E-state index is -0.0791. The summed E-state index contributed by atoms with van der Waals surface area (Å²) >= 11 is 0. The molecule has 1 aliphatic rings. The number of methoxy groups -OCH3 is 1. The summed E-state index contributed by atoms with van der Waals surface area (Å²) in [6, 6.07) is 7.83. The van der Waals surface area contributed by atoms with Gasteiger partial charge in [0.2, 0.25) is 0 Å². The maximum Gasteiger partial charge on any atom is 0.276 e. The van der Waals surface area contributed by atoms with Gasteiger partial charge in [0.05, 0.1) is 24.1 Å². The molecule has 1 aromatic carbocycles. The second-order valence-corrected chi connectivity index (χ2v) is 7.37. The molecule has 0 bridgehead atoms. The van der Waals surface area contributed by atoms with Crippen LogP contribution in [0.4, 0.5) is 0 Å². The van der Waals surface area contributed by atoms with Crippen LogP contribution in [0.25, 0.3) is 16.8 Å². The Labute approximate surface area is 170 Å². The largest absolute Gasteiger partial charge is 0.497 e. The van der Waals surface area contributed by atoms with Crippen molar-refractivity contribution in [1.29, 1.82) is 0 Å². The van der Waals surface area contributed by atoms with Crippen LogP contribution in [-0.4, -0.2) is 75.9 Å². The first kappa shape index (κ1) is 19.3. The van der Waals surface area contributed by atoms with Crippen molar-refractivity contribution in [1.82, 2.24) is 29.6 Å². The summed E-state index contributed by atoms with van der Waals surface area (Å²) in [5.41, 5.74) is 4.63. The van der Waals surface area contributed by atoms with Gasteiger partial charge in [0, 0.05) is 26.2 Å². The third-order valence-corrected chi connectivity index (χ3v) is 5.55. The molecule has 0 saturated carbocycles. The van der Waals surface area contributed by atoms with Gasteiger partial charge in [-0.3, -0.25) is 4.79 Å². The van der Waals surface area contributed by atoms with Gasteiger partial charge in [-0.1, -0.05) is 19.1 Å². The second kappa shape index (κ2) is 7.79. The molecule has 8 heteroatoms. The van der Waals surface area contributed by atoms with Crippen LogP contribution in [0.1, 0.15) is 28.8 Å². The molecule has 0 atom stereocenters. The van der Waals surface area contributed by atoms with Crippen LogP contribution in [0.2, 0.25) is 0 Å². The third-order valence-electron chi connectivity index (χ3n) is 5.55. The number of rotatable bonds is 4. The number of amides is 1. The summed E-state index contributed by atoms with van der Waals surface area (Å²) in [6.07, 6.45) is 0.756. The van der Waals surface area contributed by atoms with E-state index in [-0.39, 0.29) is 5.91 Å². The number of benzene rings is 1. The lowest BCUT2D eigenvalue weighted by atomic mass is 10.0. The minimum absolute atomic E-state index is 0.0791. The molecule has 8 nitrogen and oxygen atoms in total. The van der Waals surface area contributed by atoms with E-state index in [1.54, 1.807) is 11.6 Å². The molecular weight excluding hydrogens is 368 g/mol. The Morgan fingerprint density at radius 1 is 1.10 bits per heavy atom. The Kier molecular flexibility index (Phi) is 5.19. The summed E-state index contributed by atoms with van der Waals surface area (Å²) in [7, 11) is 3.71. The van der Waals surface area contributed by atoms with Crippen molar-refractivity contribution in [2.75, 3.05) is 40.3 Å². The fourth-order valence-electron chi connectivity index (χ4n) is 3.71. The molecule has 0 aliphatic carbocycles. The zero-order valence-corrected chi connectivity index (χ0v) is 17.3. The van der Waals surface area contributed by atoms with E-state index >= 15 is 0 Å². The lowest BCUT2D eigenvalue weighted by Gasteiger charge is -2.32. The van der Waals surface area contributed by atoms with Gasteiger partial charge in [-0.2, -0.15) is 5.10 Å². The predicted octanol–water partition coefficient (Wildman–Crippen LogP) is 2.06. The highest BCUT2D eigenvalue weighted by Gasteiger charge is 2.26. The highest BCUT2D eigenvalue weighted by molar-refractivity contribution is 5.94. The molecule has 3 aromatic rings. The summed E-state index contributed by atoms with van der Waals surface area (Å²) < 4.78 is 7.02. The topological polar surface area (TPSA) is 75.9 Å². The van der Waals surface area contributed by atoms with Crippen LogP contribution < -0.4 is 4.74 Å². The Bertz CT molecular complexity index is 1040. The van der Waals surface area contributed by atoms with Gasteiger partial charge in [0.1, 0.15) is 5.75 Å². The SMILES string of the molecule is CCc1nn2c(C)c(C(=O)N3CCN(C)CC3)nnc2c1-c1ccc(OC)cc1. The molecule has 1 fully saturated rings. The number of aryl methyl sites for hydroxylation is 2. The zero-order chi connectivity index (χ0) is 20.5. The maximum absolute atomic E-state index is 13.0. The number of nitrogens with zero attached hydrogens (tertiary/aromatic N) is 6. The number of piperazine rings is 1. The summed E-state index contributed by atoms with van der Waals surface area (Å²) in [4.78, 5) is 17.1. The number of carbonyl (C=O) groups is 1. The van der Waals surface area contributed by atoms with Crippen molar-refractivity contribution in [2.24, 2.45) is 0 Å². The smallest absolute Gasteiger partial charge is 0.276 e. The van der Waals surface area contributed by atoms with Crippen molar-refractivity contribution in [3.8, 4) is 16.9 Å². The van der Waals surface area contributed by atoms with Gasteiger partial charge in [0.25, 0.3) is 5.91 Å². The van der Waals surface area contributed by atoms with Crippen molar-refractivity contribution in [3.63, 3.8) is 0 Å². The molecule has 1 saturated heterocycles. The third kappa shape index (κ3) is 3.44. The molecule has 0 unspecified atom stereocenters. The van der Waals surface area contributed by atoms with Crippen LogP contribution in [0.15, 0.2) is 24.3 Å². The highest BCUT2D eigenvalue weighted by atomic mass is 16.5. The van der Waals surface area contributed by atoms with E-state index in [2.05, 4.69) is 29.1 Å². The Morgan fingerprint density at radius 3 is 2.41 bits per heavy atom. The van der Waals surface area contributed by atoms with Gasteiger partial charge in [-0.05, 0) is 38.1 Å². The molecule has 3 heterocycles. The van der Waals surface area contributed by atoms with E-state index in [1.807, 2.05) is 36.1 Å². The average Bonchev–Trinajstić information content (AvgIpc) is 3.14. The normalized spacial score (nSPS) is 15.1. The summed E-state index contributed by atoms with van der Waals surface area (Å²) in [5, 5.41) is 13.5. The van der Waals surface area contributed by atoms with Crippen LogP contribution in [0.5, 0.6) is 5.75 Å². The van der Waals surface area contributed by atoms with Crippen molar-refractivity contribution in [2.45, 2.75) is 20.3 Å². The van der Waals surface area contributed by atoms with Gasteiger partial charge in [-0.25, -0.2) is 4.52 Å². The monoisotopic (exact) mass is 394 g/mol. The maximum atomic E-state index is 13.0. The Morgan fingerprint density at radius 2 is 1.79 bits per heavy atom. The quantitative estimate of drug-likeness (QED) is 0.674. The van der Waals surface area contributed by atoms with Crippen molar-refractivity contribution < 1.29 is 9.53 Å². The second-order valence-electron chi connectivity index (χ2n) is 7.37. The first-order valence-electron chi connectivity index (χ1n) is 9.90. The first-order valence-corrected chi connectivity index (χ1v) is 9.90. The van der Waals surface area contributed by atoms with E-state index in [0.717, 1.165) is 42.1 Å². The van der Waals surface area contributed by atoms with Crippen LogP contribution in [0.3, 0.4) is 0 Å². The van der Waals surface area contributed by atoms with E-state index in [1.165, 1.54) is 0 Å². The number of aromatic nitrogens is 4. The highest BCUT2D eigenvalue weighted by Crippen LogP contribution is 2.30.